The summed E-state index contributed by atoms with van der Waals surface area (Å²) in [5.74, 6) is -0.334. The first-order chi connectivity index (χ1) is 9.23. The molecule has 1 fully saturated rings. The van der Waals surface area contributed by atoms with Gasteiger partial charge >= 0.3 is 6.18 Å². The molecule has 0 radical (unpaired) electrons. The number of nitrogens with zero attached hydrogens (tertiary/aromatic N) is 1. The van der Waals surface area contributed by atoms with Gasteiger partial charge in [-0.2, -0.15) is 13.2 Å². The van der Waals surface area contributed by atoms with Crippen molar-refractivity contribution in [3.63, 3.8) is 0 Å². The van der Waals surface area contributed by atoms with Crippen molar-refractivity contribution in [2.45, 2.75) is 6.18 Å². The summed E-state index contributed by atoms with van der Waals surface area (Å²) in [6, 6.07) is 3.29. The second-order valence-corrected chi connectivity index (χ2v) is 6.83. The van der Waals surface area contributed by atoms with Crippen LogP contribution in [0.3, 0.4) is 0 Å². The normalized spacial score (nSPS) is 18.9. The topological polar surface area (TPSA) is 54.5 Å². The third-order valence-corrected chi connectivity index (χ3v) is 4.76. The standard InChI is InChI=1S/C12H12F3NO3S/c13-12(14,15)10-7-9(8-17)1-2-11(10)16-3-5-20(18,19)6-4-16/h1-2,7-8H,3-6H2. The van der Waals surface area contributed by atoms with Gasteiger partial charge in [0.2, 0.25) is 0 Å². The molecule has 0 aromatic heterocycles. The molecule has 1 aromatic rings. The van der Waals surface area contributed by atoms with Gasteiger partial charge in [-0.1, -0.05) is 0 Å². The van der Waals surface area contributed by atoms with Crippen LogP contribution in [0.5, 0.6) is 0 Å². The molecule has 0 atom stereocenters. The number of rotatable bonds is 2. The summed E-state index contributed by atoms with van der Waals surface area (Å²) in [6.45, 7) is 0.0394. The summed E-state index contributed by atoms with van der Waals surface area (Å²) in [6.07, 6.45) is -4.25. The van der Waals surface area contributed by atoms with Gasteiger partial charge in [-0.05, 0) is 18.2 Å². The molecule has 0 N–H and O–H groups in total. The first-order valence-electron chi connectivity index (χ1n) is 5.85. The predicted octanol–water partition coefficient (Wildman–Crippen LogP) is 1.75. The fourth-order valence-corrected chi connectivity index (χ4v) is 3.28. The number of benzene rings is 1. The molecular weight excluding hydrogens is 295 g/mol. The summed E-state index contributed by atoms with van der Waals surface area (Å²) < 4.78 is 61.7. The summed E-state index contributed by atoms with van der Waals surface area (Å²) >= 11 is 0. The molecule has 1 aliphatic heterocycles. The Hall–Kier alpha value is -1.57. The Balaban J connectivity index is 2.39. The summed E-state index contributed by atoms with van der Waals surface area (Å²) in [7, 11) is -3.16. The number of anilines is 1. The van der Waals surface area contributed by atoms with E-state index in [9.17, 15) is 26.4 Å². The molecule has 8 heteroatoms. The maximum absolute atomic E-state index is 13.0. The number of aldehydes is 1. The van der Waals surface area contributed by atoms with E-state index in [1.807, 2.05) is 0 Å². The van der Waals surface area contributed by atoms with Crippen LogP contribution < -0.4 is 4.90 Å². The highest BCUT2D eigenvalue weighted by Crippen LogP contribution is 2.37. The minimum absolute atomic E-state index is 0.0197. The Morgan fingerprint density at radius 1 is 1.15 bits per heavy atom. The lowest BCUT2D eigenvalue weighted by Gasteiger charge is -2.31. The van der Waals surface area contributed by atoms with E-state index < -0.39 is 21.6 Å². The maximum atomic E-state index is 13.0. The number of carbonyl (C=O) groups is 1. The Kier molecular flexibility index (Phi) is 3.77. The zero-order valence-electron chi connectivity index (χ0n) is 10.4. The van der Waals surface area contributed by atoms with Gasteiger partial charge < -0.3 is 4.90 Å². The molecule has 0 amide bonds. The highest BCUT2D eigenvalue weighted by molar-refractivity contribution is 7.91. The van der Waals surface area contributed by atoms with E-state index in [2.05, 4.69) is 0 Å². The SMILES string of the molecule is O=Cc1ccc(N2CCS(=O)(=O)CC2)c(C(F)(F)F)c1. The van der Waals surface area contributed by atoms with Crippen molar-refractivity contribution in [3.8, 4) is 0 Å². The Bertz CT molecular complexity index is 611. The first kappa shape index (κ1) is 14.8. The van der Waals surface area contributed by atoms with Crippen molar-refractivity contribution in [1.29, 1.82) is 0 Å². The molecule has 1 heterocycles. The van der Waals surface area contributed by atoms with Crippen LogP contribution in [0.4, 0.5) is 18.9 Å². The minimum atomic E-state index is -4.59. The molecule has 1 aromatic carbocycles. The lowest BCUT2D eigenvalue weighted by molar-refractivity contribution is -0.137. The smallest absolute Gasteiger partial charge is 0.369 e. The van der Waals surface area contributed by atoms with Gasteiger partial charge in [0.05, 0.1) is 17.1 Å². The molecule has 4 nitrogen and oxygen atoms in total. The van der Waals surface area contributed by atoms with Gasteiger partial charge in [0.1, 0.15) is 6.29 Å². The van der Waals surface area contributed by atoms with E-state index in [1.165, 1.54) is 17.0 Å². The van der Waals surface area contributed by atoms with E-state index in [0.29, 0.717) is 6.29 Å². The van der Waals surface area contributed by atoms with Crippen LogP contribution in [0.25, 0.3) is 0 Å². The van der Waals surface area contributed by atoms with Crippen LogP contribution in [0.15, 0.2) is 18.2 Å². The van der Waals surface area contributed by atoms with Crippen molar-refractivity contribution in [1.82, 2.24) is 0 Å². The largest absolute Gasteiger partial charge is 0.418 e. The molecule has 1 saturated heterocycles. The van der Waals surface area contributed by atoms with E-state index in [0.717, 1.165) is 6.07 Å². The second kappa shape index (κ2) is 5.08. The average Bonchev–Trinajstić information content (AvgIpc) is 2.37. The first-order valence-corrected chi connectivity index (χ1v) is 7.67. The highest BCUT2D eigenvalue weighted by atomic mass is 32.2. The Labute approximate surface area is 114 Å². The zero-order valence-corrected chi connectivity index (χ0v) is 11.2. The van der Waals surface area contributed by atoms with Crippen molar-refractivity contribution in [2.24, 2.45) is 0 Å². The molecule has 0 bridgehead atoms. The average molecular weight is 307 g/mol. The number of hydrogen-bond donors (Lipinski definition) is 0. The van der Waals surface area contributed by atoms with Crippen LogP contribution in [-0.2, 0) is 16.0 Å². The highest BCUT2D eigenvalue weighted by Gasteiger charge is 2.36. The third kappa shape index (κ3) is 3.12. The van der Waals surface area contributed by atoms with Crippen LogP contribution in [0, 0.1) is 0 Å². The van der Waals surface area contributed by atoms with Crippen molar-refractivity contribution in [3.05, 3.63) is 29.3 Å². The van der Waals surface area contributed by atoms with E-state index in [-0.39, 0.29) is 35.8 Å². The number of alkyl halides is 3. The lowest BCUT2D eigenvalue weighted by atomic mass is 10.1. The van der Waals surface area contributed by atoms with Gasteiger partial charge in [0, 0.05) is 24.3 Å². The summed E-state index contributed by atoms with van der Waals surface area (Å²) in [5, 5.41) is 0. The van der Waals surface area contributed by atoms with Gasteiger partial charge in [-0.15, -0.1) is 0 Å². The molecular formula is C12H12F3NO3S. The van der Waals surface area contributed by atoms with Crippen LogP contribution >= 0.6 is 0 Å². The fourth-order valence-electron chi connectivity index (χ4n) is 2.08. The summed E-state index contributed by atoms with van der Waals surface area (Å²) in [5.41, 5.74) is -1.06. The quantitative estimate of drug-likeness (QED) is 0.781. The maximum Gasteiger partial charge on any atom is 0.418 e. The Morgan fingerprint density at radius 3 is 2.25 bits per heavy atom. The van der Waals surface area contributed by atoms with E-state index >= 15 is 0 Å². The molecule has 0 spiro atoms. The van der Waals surface area contributed by atoms with E-state index in [1.54, 1.807) is 0 Å². The third-order valence-electron chi connectivity index (χ3n) is 3.15. The van der Waals surface area contributed by atoms with Crippen LogP contribution in [0.2, 0.25) is 0 Å². The zero-order chi connectivity index (χ0) is 15.0. The van der Waals surface area contributed by atoms with Gasteiger partial charge in [-0.3, -0.25) is 4.79 Å². The van der Waals surface area contributed by atoms with Crippen LogP contribution in [-0.4, -0.2) is 39.3 Å². The molecule has 2 rings (SSSR count). The monoisotopic (exact) mass is 307 g/mol. The van der Waals surface area contributed by atoms with Crippen LogP contribution in [0.1, 0.15) is 15.9 Å². The fraction of sp³-hybridized carbons (Fsp3) is 0.417. The number of carbonyl (C=O) groups excluding carboxylic acids is 1. The van der Waals surface area contributed by atoms with E-state index in [4.69, 9.17) is 0 Å². The lowest BCUT2D eigenvalue weighted by Crippen LogP contribution is -2.41. The molecule has 0 aliphatic carbocycles. The van der Waals surface area contributed by atoms with Crippen molar-refractivity contribution >= 4 is 21.8 Å². The minimum Gasteiger partial charge on any atom is -0.369 e. The van der Waals surface area contributed by atoms with Gasteiger partial charge in [0.25, 0.3) is 0 Å². The number of halogens is 3. The molecule has 20 heavy (non-hydrogen) atoms. The van der Waals surface area contributed by atoms with Gasteiger partial charge in [-0.25, -0.2) is 8.42 Å². The molecule has 1 aliphatic rings. The number of hydrogen-bond acceptors (Lipinski definition) is 4. The predicted molar refractivity (Wildman–Crippen MR) is 67.7 cm³/mol. The molecule has 110 valence electrons. The van der Waals surface area contributed by atoms with Crippen molar-refractivity contribution in [2.75, 3.05) is 29.5 Å². The molecule has 0 unspecified atom stereocenters. The van der Waals surface area contributed by atoms with Gasteiger partial charge in [0.15, 0.2) is 9.84 Å². The number of sulfone groups is 1. The second-order valence-electron chi connectivity index (χ2n) is 4.53. The van der Waals surface area contributed by atoms with Crippen molar-refractivity contribution < 1.29 is 26.4 Å². The Morgan fingerprint density at radius 2 is 1.75 bits per heavy atom. The molecule has 0 saturated carbocycles. The summed E-state index contributed by atoms with van der Waals surface area (Å²) in [4.78, 5) is 12.0.